The first kappa shape index (κ1) is 24.8. The lowest BCUT2D eigenvalue weighted by Crippen LogP contribution is -2.51. The van der Waals surface area contributed by atoms with Crippen molar-refractivity contribution in [3.63, 3.8) is 0 Å². The average Bonchev–Trinajstić information content (AvgIpc) is 2.98. The molecule has 4 rings (SSSR count). The van der Waals surface area contributed by atoms with Crippen LogP contribution in [-0.2, 0) is 14.3 Å². The van der Waals surface area contributed by atoms with Crippen LogP contribution in [0.3, 0.4) is 0 Å². The highest BCUT2D eigenvalue weighted by atomic mass is 16.5. The van der Waals surface area contributed by atoms with Crippen LogP contribution in [0.25, 0.3) is 11.1 Å². The summed E-state index contributed by atoms with van der Waals surface area (Å²) in [5.74, 6) is -1.40. The fourth-order valence-electron chi connectivity index (χ4n) is 5.42. The van der Waals surface area contributed by atoms with E-state index in [-0.39, 0.29) is 18.6 Å². The summed E-state index contributed by atoms with van der Waals surface area (Å²) in [4.78, 5) is 36.9. The molecule has 2 aromatic rings. The van der Waals surface area contributed by atoms with E-state index < -0.39 is 30.4 Å². The number of aliphatic carboxylic acids is 1. The van der Waals surface area contributed by atoms with Crippen LogP contribution in [0, 0.1) is 5.92 Å². The Morgan fingerprint density at radius 1 is 0.914 bits per heavy atom. The van der Waals surface area contributed by atoms with Crippen LogP contribution in [0.1, 0.15) is 68.9 Å². The maximum absolute atomic E-state index is 12.9. The number of hydrogen-bond donors (Lipinski definition) is 3. The Morgan fingerprint density at radius 2 is 1.49 bits per heavy atom. The van der Waals surface area contributed by atoms with Crippen molar-refractivity contribution in [2.45, 2.75) is 69.9 Å². The third-order valence-electron chi connectivity index (χ3n) is 7.31. The smallest absolute Gasteiger partial charge is 0.407 e. The summed E-state index contributed by atoms with van der Waals surface area (Å²) >= 11 is 0. The lowest BCUT2D eigenvalue weighted by Gasteiger charge is -2.26. The van der Waals surface area contributed by atoms with Crippen molar-refractivity contribution in [2.24, 2.45) is 5.92 Å². The molecule has 2 aliphatic rings. The van der Waals surface area contributed by atoms with Gasteiger partial charge in [-0.3, -0.25) is 9.59 Å². The molecule has 2 aromatic carbocycles. The topological polar surface area (TPSA) is 105 Å². The molecule has 7 nitrogen and oxygen atoms in total. The molecule has 3 N–H and O–H groups in total. The number of carbonyl (C=O) groups is 3. The van der Waals surface area contributed by atoms with Gasteiger partial charge in [0.2, 0.25) is 5.91 Å². The maximum atomic E-state index is 12.9. The van der Waals surface area contributed by atoms with E-state index in [1.165, 1.54) is 12.8 Å². The molecule has 1 unspecified atom stereocenters. The van der Waals surface area contributed by atoms with Gasteiger partial charge in [-0.1, -0.05) is 74.2 Å². The molecule has 0 heterocycles. The van der Waals surface area contributed by atoms with Gasteiger partial charge in [0, 0.05) is 12.0 Å². The van der Waals surface area contributed by atoms with Crippen LogP contribution in [0.4, 0.5) is 4.79 Å². The number of amides is 2. The van der Waals surface area contributed by atoms with Gasteiger partial charge >= 0.3 is 12.1 Å². The fraction of sp³-hybridized carbons (Fsp3) is 0.464. The van der Waals surface area contributed by atoms with Gasteiger partial charge < -0.3 is 20.5 Å². The lowest BCUT2D eigenvalue weighted by molar-refractivity contribution is -0.140. The summed E-state index contributed by atoms with van der Waals surface area (Å²) in [5.41, 5.74) is 4.40. The van der Waals surface area contributed by atoms with Gasteiger partial charge in [0.15, 0.2) is 0 Å². The first-order valence-corrected chi connectivity index (χ1v) is 12.6. The van der Waals surface area contributed by atoms with E-state index in [4.69, 9.17) is 4.74 Å². The molecule has 186 valence electrons. The molecule has 0 spiro atoms. The maximum Gasteiger partial charge on any atom is 0.407 e. The fourth-order valence-corrected chi connectivity index (χ4v) is 5.42. The number of carboxylic acid groups (broad SMARTS) is 1. The van der Waals surface area contributed by atoms with Crippen molar-refractivity contribution in [1.29, 1.82) is 0 Å². The Balaban J connectivity index is 1.37. The van der Waals surface area contributed by atoms with Crippen molar-refractivity contribution >= 4 is 18.0 Å². The van der Waals surface area contributed by atoms with E-state index >= 15 is 0 Å². The van der Waals surface area contributed by atoms with Crippen LogP contribution in [0.5, 0.6) is 0 Å². The van der Waals surface area contributed by atoms with E-state index in [2.05, 4.69) is 22.8 Å². The highest BCUT2D eigenvalue weighted by Crippen LogP contribution is 2.44. The zero-order valence-corrected chi connectivity index (χ0v) is 20.2. The van der Waals surface area contributed by atoms with Crippen molar-refractivity contribution in [1.82, 2.24) is 10.6 Å². The van der Waals surface area contributed by atoms with Crippen molar-refractivity contribution in [3.8, 4) is 11.1 Å². The molecule has 2 aliphatic carbocycles. The first-order valence-electron chi connectivity index (χ1n) is 12.6. The van der Waals surface area contributed by atoms with Gasteiger partial charge in [-0.2, -0.15) is 0 Å². The summed E-state index contributed by atoms with van der Waals surface area (Å²) < 4.78 is 5.52. The van der Waals surface area contributed by atoms with E-state index in [0.29, 0.717) is 5.92 Å². The minimum absolute atomic E-state index is 0.0822. The molecule has 0 radical (unpaired) electrons. The SMILES string of the molecule is C[C@H](NC(=O)C(CC(=O)O)NC(=O)OCC1c2ccccc2-c2ccccc21)C1CCCCCC1. The Labute approximate surface area is 206 Å². The largest absolute Gasteiger partial charge is 0.481 e. The number of fused-ring (bicyclic) bond motifs is 3. The van der Waals surface area contributed by atoms with E-state index in [0.717, 1.165) is 47.9 Å². The molecule has 2 amide bonds. The number of hydrogen-bond acceptors (Lipinski definition) is 4. The number of carbonyl (C=O) groups excluding carboxylic acids is 2. The van der Waals surface area contributed by atoms with E-state index in [1.807, 2.05) is 43.3 Å². The van der Waals surface area contributed by atoms with Gasteiger partial charge in [0.25, 0.3) is 0 Å². The zero-order chi connectivity index (χ0) is 24.8. The number of nitrogens with one attached hydrogen (secondary N) is 2. The van der Waals surface area contributed by atoms with Gasteiger partial charge in [-0.05, 0) is 47.9 Å². The first-order chi connectivity index (χ1) is 16.9. The summed E-state index contributed by atoms with van der Waals surface area (Å²) in [6.45, 7) is 2.05. The number of rotatable bonds is 8. The second-order valence-electron chi connectivity index (χ2n) is 9.67. The van der Waals surface area contributed by atoms with Crippen molar-refractivity contribution in [2.75, 3.05) is 6.61 Å². The zero-order valence-electron chi connectivity index (χ0n) is 20.2. The van der Waals surface area contributed by atoms with Crippen LogP contribution < -0.4 is 10.6 Å². The summed E-state index contributed by atoms with van der Waals surface area (Å²) in [7, 11) is 0. The Morgan fingerprint density at radius 3 is 2.06 bits per heavy atom. The van der Waals surface area contributed by atoms with Crippen LogP contribution in [-0.4, -0.2) is 41.8 Å². The molecular formula is C28H34N2O5. The Hall–Kier alpha value is -3.35. The molecular weight excluding hydrogens is 444 g/mol. The third kappa shape index (κ3) is 6.02. The second kappa shape index (κ2) is 11.4. The molecule has 7 heteroatoms. The summed E-state index contributed by atoms with van der Waals surface area (Å²) in [5, 5.41) is 14.7. The molecule has 1 fully saturated rings. The number of carboxylic acids is 1. The predicted molar refractivity (Wildman–Crippen MR) is 133 cm³/mol. The van der Waals surface area contributed by atoms with E-state index in [1.54, 1.807) is 0 Å². The quantitative estimate of drug-likeness (QED) is 0.471. The Bertz CT molecular complexity index is 1020. The van der Waals surface area contributed by atoms with Crippen molar-refractivity contribution in [3.05, 3.63) is 59.7 Å². The standard InChI is InChI=1S/C28H34N2O5/c1-18(19-10-4-2-3-5-11-19)29-27(33)25(16-26(31)32)30-28(34)35-17-24-22-14-8-6-12-20(22)21-13-7-9-15-23(21)24/h6-9,12-15,18-19,24-25H,2-5,10-11,16-17H2,1H3,(H,29,33)(H,30,34)(H,31,32)/t18-,25?/m0/s1. The number of ether oxygens (including phenoxy) is 1. The molecule has 0 aliphatic heterocycles. The number of benzene rings is 2. The van der Waals surface area contributed by atoms with E-state index in [9.17, 15) is 19.5 Å². The van der Waals surface area contributed by atoms with Gasteiger partial charge in [-0.15, -0.1) is 0 Å². The average molecular weight is 479 g/mol. The lowest BCUT2D eigenvalue weighted by atomic mass is 9.92. The predicted octanol–water partition coefficient (Wildman–Crippen LogP) is 4.84. The normalized spacial score (nSPS) is 17.4. The molecule has 2 atom stereocenters. The minimum atomic E-state index is -1.20. The molecule has 0 bridgehead atoms. The molecule has 1 saturated carbocycles. The minimum Gasteiger partial charge on any atom is -0.481 e. The highest BCUT2D eigenvalue weighted by molar-refractivity contribution is 5.89. The van der Waals surface area contributed by atoms with Crippen LogP contribution >= 0.6 is 0 Å². The third-order valence-corrected chi connectivity index (χ3v) is 7.31. The van der Waals surface area contributed by atoms with Crippen molar-refractivity contribution < 1.29 is 24.2 Å². The summed E-state index contributed by atoms with van der Waals surface area (Å²) in [6, 6.07) is 14.8. The Kier molecular flexibility index (Phi) is 8.06. The molecule has 0 saturated heterocycles. The van der Waals surface area contributed by atoms with Gasteiger partial charge in [-0.25, -0.2) is 4.79 Å². The summed E-state index contributed by atoms with van der Waals surface area (Å²) in [6.07, 6.45) is 5.49. The monoisotopic (exact) mass is 478 g/mol. The van der Waals surface area contributed by atoms with Gasteiger partial charge in [0.1, 0.15) is 12.6 Å². The van der Waals surface area contributed by atoms with Gasteiger partial charge in [0.05, 0.1) is 6.42 Å². The second-order valence-corrected chi connectivity index (χ2v) is 9.67. The number of alkyl carbamates (subject to hydrolysis) is 1. The molecule has 0 aromatic heterocycles. The molecule has 35 heavy (non-hydrogen) atoms. The van der Waals surface area contributed by atoms with Crippen LogP contribution in [0.2, 0.25) is 0 Å². The highest BCUT2D eigenvalue weighted by Gasteiger charge is 2.31. The van der Waals surface area contributed by atoms with Crippen LogP contribution in [0.15, 0.2) is 48.5 Å².